The van der Waals surface area contributed by atoms with Gasteiger partial charge < -0.3 is 15.4 Å². The van der Waals surface area contributed by atoms with Crippen LogP contribution < -0.4 is 10.6 Å². The Balaban J connectivity index is 2.48. The third-order valence-electron chi connectivity index (χ3n) is 3.17. The second-order valence-electron chi connectivity index (χ2n) is 4.20. The van der Waals surface area contributed by atoms with E-state index in [1.54, 1.807) is 18.9 Å². The normalized spacial score (nSPS) is 21.4. The molecule has 0 radical (unpaired) electrons. The smallest absolute Gasteiger partial charge is 0.252 e. The van der Waals surface area contributed by atoms with Crippen LogP contribution in [0.3, 0.4) is 0 Å². The average Bonchev–Trinajstić information content (AvgIpc) is 2.36. The van der Waals surface area contributed by atoms with Gasteiger partial charge in [0.15, 0.2) is 0 Å². The summed E-state index contributed by atoms with van der Waals surface area (Å²) in [5, 5.41) is 6.67. The van der Waals surface area contributed by atoms with E-state index in [0.29, 0.717) is 11.8 Å². The van der Waals surface area contributed by atoms with Gasteiger partial charge in [-0.25, -0.2) is 0 Å². The maximum Gasteiger partial charge on any atom is 0.252 e. The molecule has 4 nitrogen and oxygen atoms in total. The van der Waals surface area contributed by atoms with Crippen LogP contribution in [0.15, 0.2) is 0 Å². The van der Waals surface area contributed by atoms with Crippen molar-refractivity contribution in [3.8, 4) is 0 Å². The third-order valence-corrected chi connectivity index (χ3v) is 4.14. The largest absolute Gasteiger partial charge is 0.368 e. The van der Waals surface area contributed by atoms with E-state index in [2.05, 4.69) is 17.6 Å². The number of piperidine rings is 1. The zero-order valence-corrected chi connectivity index (χ0v) is 11.2. The number of carbonyl (C=O) groups excluding carboxylic acids is 1. The Morgan fingerprint density at radius 1 is 1.56 bits per heavy atom. The second kappa shape index (κ2) is 6.47. The lowest BCUT2D eigenvalue weighted by molar-refractivity contribution is -0.146. The molecule has 1 atom stereocenters. The van der Waals surface area contributed by atoms with E-state index >= 15 is 0 Å². The molecule has 1 fully saturated rings. The summed E-state index contributed by atoms with van der Waals surface area (Å²) in [5.74, 6) is 0.0393. The van der Waals surface area contributed by atoms with Gasteiger partial charge in [0.25, 0.3) is 5.91 Å². The Bertz CT molecular complexity index is 230. The van der Waals surface area contributed by atoms with Crippen molar-refractivity contribution in [1.29, 1.82) is 0 Å². The van der Waals surface area contributed by atoms with Crippen molar-refractivity contribution < 1.29 is 9.53 Å². The summed E-state index contributed by atoms with van der Waals surface area (Å²) >= 11 is 1.75. The lowest BCUT2D eigenvalue weighted by Gasteiger charge is -2.35. The highest BCUT2D eigenvalue weighted by molar-refractivity contribution is 7.99. The maximum atomic E-state index is 12.1. The van der Waals surface area contributed by atoms with Gasteiger partial charge in [-0.1, -0.05) is 6.92 Å². The number of methoxy groups -OCH3 is 1. The zero-order chi connectivity index (χ0) is 12.0. The van der Waals surface area contributed by atoms with Crippen LogP contribution in [0, 0.1) is 0 Å². The molecule has 0 aromatic carbocycles. The van der Waals surface area contributed by atoms with Gasteiger partial charge in [0.1, 0.15) is 5.60 Å². The van der Waals surface area contributed by atoms with E-state index in [1.165, 1.54) is 0 Å². The predicted octanol–water partition coefficient (Wildman–Crippen LogP) is 0.623. The molecule has 0 aliphatic carbocycles. The van der Waals surface area contributed by atoms with Crippen LogP contribution in [0.5, 0.6) is 0 Å². The first kappa shape index (κ1) is 13.8. The van der Waals surface area contributed by atoms with E-state index in [4.69, 9.17) is 4.74 Å². The topological polar surface area (TPSA) is 50.4 Å². The summed E-state index contributed by atoms with van der Waals surface area (Å²) < 4.78 is 5.45. The monoisotopic (exact) mass is 246 g/mol. The molecule has 0 bridgehead atoms. The second-order valence-corrected chi connectivity index (χ2v) is 5.48. The Kier molecular flexibility index (Phi) is 5.58. The van der Waals surface area contributed by atoms with Gasteiger partial charge in [0, 0.05) is 18.9 Å². The molecule has 16 heavy (non-hydrogen) atoms. The fourth-order valence-electron chi connectivity index (χ4n) is 1.84. The third kappa shape index (κ3) is 3.37. The quantitative estimate of drug-likeness (QED) is 0.747. The maximum absolute atomic E-state index is 12.1. The van der Waals surface area contributed by atoms with Crippen LogP contribution in [0.25, 0.3) is 0 Å². The fourth-order valence-corrected chi connectivity index (χ4v) is 2.09. The SMILES string of the molecule is COC1(C(=O)NCC(C)SC)CCNCC1. The number of amides is 1. The molecule has 1 saturated heterocycles. The number of rotatable bonds is 5. The Hall–Kier alpha value is -0.260. The van der Waals surface area contributed by atoms with Gasteiger partial charge in [-0.2, -0.15) is 11.8 Å². The molecule has 5 heteroatoms. The van der Waals surface area contributed by atoms with Crippen molar-refractivity contribution in [2.24, 2.45) is 0 Å². The summed E-state index contributed by atoms with van der Waals surface area (Å²) in [5.41, 5.74) is -0.608. The Morgan fingerprint density at radius 3 is 2.69 bits per heavy atom. The van der Waals surface area contributed by atoms with Crippen LogP contribution in [0.2, 0.25) is 0 Å². The zero-order valence-electron chi connectivity index (χ0n) is 10.3. The standard InChI is InChI=1S/C11H22N2O2S/c1-9(16-3)8-13-10(14)11(15-2)4-6-12-7-5-11/h9,12H,4-8H2,1-3H3,(H,13,14). The molecule has 0 spiro atoms. The molecule has 0 aromatic heterocycles. The van der Waals surface area contributed by atoms with E-state index in [9.17, 15) is 4.79 Å². The van der Waals surface area contributed by atoms with E-state index < -0.39 is 5.60 Å². The molecule has 0 saturated carbocycles. The van der Waals surface area contributed by atoms with Crippen molar-refractivity contribution in [3.63, 3.8) is 0 Å². The first-order chi connectivity index (χ1) is 7.64. The Labute approximate surface area is 102 Å². The number of thioether (sulfide) groups is 1. The minimum absolute atomic E-state index is 0.0393. The van der Waals surface area contributed by atoms with Gasteiger partial charge in [-0.3, -0.25) is 4.79 Å². The molecule has 1 aliphatic heterocycles. The summed E-state index contributed by atoms with van der Waals surface area (Å²) in [7, 11) is 1.63. The van der Waals surface area contributed by atoms with E-state index in [0.717, 1.165) is 25.9 Å². The number of hydrogen-bond donors (Lipinski definition) is 2. The molecule has 1 amide bonds. The van der Waals surface area contributed by atoms with Gasteiger partial charge in [-0.05, 0) is 32.2 Å². The van der Waals surface area contributed by atoms with Crippen molar-refractivity contribution in [3.05, 3.63) is 0 Å². The lowest BCUT2D eigenvalue weighted by atomic mass is 9.91. The molecule has 94 valence electrons. The van der Waals surface area contributed by atoms with Gasteiger partial charge in [0.2, 0.25) is 0 Å². The number of carbonyl (C=O) groups is 1. The summed E-state index contributed by atoms with van der Waals surface area (Å²) in [6.45, 7) is 4.50. The predicted molar refractivity (Wildman–Crippen MR) is 67.8 cm³/mol. The van der Waals surface area contributed by atoms with Crippen molar-refractivity contribution in [1.82, 2.24) is 10.6 Å². The van der Waals surface area contributed by atoms with Crippen molar-refractivity contribution in [2.75, 3.05) is 33.0 Å². The van der Waals surface area contributed by atoms with Crippen LogP contribution in [0.1, 0.15) is 19.8 Å². The van der Waals surface area contributed by atoms with Crippen LogP contribution in [-0.2, 0) is 9.53 Å². The minimum Gasteiger partial charge on any atom is -0.368 e. The molecule has 1 rings (SSSR count). The van der Waals surface area contributed by atoms with Crippen LogP contribution in [-0.4, -0.2) is 49.8 Å². The summed E-state index contributed by atoms with van der Waals surface area (Å²) in [6, 6.07) is 0. The highest BCUT2D eigenvalue weighted by Gasteiger charge is 2.39. The number of ether oxygens (including phenoxy) is 1. The summed E-state index contributed by atoms with van der Waals surface area (Å²) in [4.78, 5) is 12.1. The first-order valence-electron chi connectivity index (χ1n) is 5.71. The van der Waals surface area contributed by atoms with Crippen LogP contribution >= 0.6 is 11.8 Å². The Morgan fingerprint density at radius 2 is 2.19 bits per heavy atom. The number of nitrogens with one attached hydrogen (secondary N) is 2. The summed E-state index contributed by atoms with van der Waals surface area (Å²) in [6.07, 6.45) is 3.55. The van der Waals surface area contributed by atoms with Gasteiger partial charge >= 0.3 is 0 Å². The fraction of sp³-hybridized carbons (Fsp3) is 0.909. The van der Waals surface area contributed by atoms with Crippen molar-refractivity contribution >= 4 is 17.7 Å². The molecular formula is C11H22N2O2S. The molecule has 0 aromatic rings. The molecule has 2 N–H and O–H groups in total. The molecular weight excluding hydrogens is 224 g/mol. The van der Waals surface area contributed by atoms with Crippen LogP contribution in [0.4, 0.5) is 0 Å². The molecule has 1 heterocycles. The average molecular weight is 246 g/mol. The highest BCUT2D eigenvalue weighted by atomic mass is 32.2. The molecule has 1 unspecified atom stereocenters. The van der Waals surface area contributed by atoms with E-state index in [-0.39, 0.29) is 5.91 Å². The molecule has 1 aliphatic rings. The minimum atomic E-state index is -0.608. The van der Waals surface area contributed by atoms with E-state index in [1.807, 2.05) is 6.26 Å². The van der Waals surface area contributed by atoms with Crippen molar-refractivity contribution in [2.45, 2.75) is 30.6 Å². The lowest BCUT2D eigenvalue weighted by Crippen LogP contribution is -2.54. The van der Waals surface area contributed by atoms with Gasteiger partial charge in [0.05, 0.1) is 0 Å². The first-order valence-corrected chi connectivity index (χ1v) is 7.00. The highest BCUT2D eigenvalue weighted by Crippen LogP contribution is 2.22. The van der Waals surface area contributed by atoms with Gasteiger partial charge in [-0.15, -0.1) is 0 Å². The number of hydrogen-bond acceptors (Lipinski definition) is 4.